The van der Waals surface area contributed by atoms with Crippen molar-refractivity contribution in [1.29, 1.82) is 0 Å². The summed E-state index contributed by atoms with van der Waals surface area (Å²) >= 11 is 11.8. The molecule has 0 radical (unpaired) electrons. The lowest BCUT2D eigenvalue weighted by Gasteiger charge is -2.09. The molecule has 0 saturated carbocycles. The third-order valence-corrected chi connectivity index (χ3v) is 3.51. The highest BCUT2D eigenvalue weighted by molar-refractivity contribution is 6.35. The Morgan fingerprint density at radius 3 is 2.67 bits per heavy atom. The van der Waals surface area contributed by atoms with E-state index < -0.39 is 4.92 Å². The van der Waals surface area contributed by atoms with Gasteiger partial charge in [-0.1, -0.05) is 23.2 Å². The number of nitrogens with zero attached hydrogens (tertiary/aromatic N) is 3. The molecule has 0 bridgehead atoms. The highest BCUT2D eigenvalue weighted by Crippen LogP contribution is 2.27. The molecule has 2 rings (SSSR count). The van der Waals surface area contributed by atoms with Gasteiger partial charge < -0.3 is 4.74 Å². The number of hydrogen-bond donors (Lipinski definition) is 0. The number of aryl methyl sites for hydroxylation is 1. The highest BCUT2D eigenvalue weighted by Gasteiger charge is 2.21. The fourth-order valence-corrected chi connectivity index (χ4v) is 2.47. The number of benzene rings is 1. The van der Waals surface area contributed by atoms with Crippen molar-refractivity contribution in [2.45, 2.75) is 20.4 Å². The minimum absolute atomic E-state index is 0.0412. The SMILES string of the molecule is Cc1nn(CCOc2ccc(Cl)cc2Cl)c(C)c1[N+](=O)[O-]. The van der Waals surface area contributed by atoms with Crippen LogP contribution in [0.15, 0.2) is 18.2 Å². The van der Waals surface area contributed by atoms with Crippen LogP contribution >= 0.6 is 23.2 Å². The van der Waals surface area contributed by atoms with E-state index in [2.05, 4.69) is 5.10 Å². The maximum atomic E-state index is 10.9. The van der Waals surface area contributed by atoms with Crippen LogP contribution in [0.25, 0.3) is 0 Å². The summed E-state index contributed by atoms with van der Waals surface area (Å²) in [5, 5.41) is 16.0. The number of hydrogen-bond acceptors (Lipinski definition) is 4. The molecule has 8 heteroatoms. The molecule has 1 aromatic heterocycles. The normalized spacial score (nSPS) is 10.7. The van der Waals surface area contributed by atoms with Crippen LogP contribution in [0.5, 0.6) is 5.75 Å². The van der Waals surface area contributed by atoms with Crippen LogP contribution in [0.4, 0.5) is 5.69 Å². The zero-order valence-corrected chi connectivity index (χ0v) is 13.0. The van der Waals surface area contributed by atoms with Crippen LogP contribution in [0.2, 0.25) is 10.0 Å². The van der Waals surface area contributed by atoms with Gasteiger partial charge in [-0.05, 0) is 32.0 Å². The summed E-state index contributed by atoms with van der Waals surface area (Å²) in [6.45, 7) is 3.95. The summed E-state index contributed by atoms with van der Waals surface area (Å²) in [4.78, 5) is 10.5. The molecule has 0 spiro atoms. The molecule has 0 unspecified atom stereocenters. The Morgan fingerprint density at radius 1 is 1.38 bits per heavy atom. The first kappa shape index (κ1) is 15.6. The van der Waals surface area contributed by atoms with Crippen molar-refractivity contribution in [2.75, 3.05) is 6.61 Å². The van der Waals surface area contributed by atoms with Gasteiger partial charge >= 0.3 is 5.69 Å². The molecule has 21 heavy (non-hydrogen) atoms. The average Bonchev–Trinajstić information content (AvgIpc) is 2.67. The van der Waals surface area contributed by atoms with Crippen LogP contribution in [-0.2, 0) is 6.54 Å². The Morgan fingerprint density at radius 2 is 2.10 bits per heavy atom. The van der Waals surface area contributed by atoms with E-state index >= 15 is 0 Å². The van der Waals surface area contributed by atoms with Gasteiger partial charge in [-0.3, -0.25) is 14.8 Å². The minimum atomic E-state index is -0.426. The van der Waals surface area contributed by atoms with Gasteiger partial charge in [-0.25, -0.2) is 0 Å². The summed E-state index contributed by atoms with van der Waals surface area (Å²) in [5.74, 6) is 0.511. The molecular formula is C13H13Cl2N3O3. The first-order valence-electron chi connectivity index (χ1n) is 6.16. The molecule has 1 aromatic carbocycles. The van der Waals surface area contributed by atoms with Gasteiger partial charge in [0.25, 0.3) is 0 Å². The van der Waals surface area contributed by atoms with E-state index in [0.717, 1.165) is 0 Å². The lowest BCUT2D eigenvalue weighted by atomic mass is 10.3. The van der Waals surface area contributed by atoms with Crippen molar-refractivity contribution < 1.29 is 9.66 Å². The molecule has 2 aromatic rings. The molecule has 0 amide bonds. The van der Waals surface area contributed by atoms with Gasteiger partial charge in [0.1, 0.15) is 23.7 Å². The summed E-state index contributed by atoms with van der Waals surface area (Å²) in [7, 11) is 0. The number of nitro groups is 1. The standard InChI is InChI=1S/C13H13Cl2N3O3/c1-8-13(18(19)20)9(2)17(16-8)5-6-21-12-4-3-10(14)7-11(12)15/h3-4,7H,5-6H2,1-2H3. The third-order valence-electron chi connectivity index (χ3n) is 2.98. The van der Waals surface area contributed by atoms with Gasteiger partial charge in [0.05, 0.1) is 16.5 Å². The predicted octanol–water partition coefficient (Wildman–Crippen LogP) is 3.79. The van der Waals surface area contributed by atoms with E-state index in [0.29, 0.717) is 40.3 Å². The van der Waals surface area contributed by atoms with Crippen LogP contribution in [0, 0.1) is 24.0 Å². The van der Waals surface area contributed by atoms with E-state index in [4.69, 9.17) is 27.9 Å². The predicted molar refractivity (Wildman–Crippen MR) is 80.3 cm³/mol. The lowest BCUT2D eigenvalue weighted by molar-refractivity contribution is -0.386. The Labute approximate surface area is 131 Å². The molecule has 0 atom stereocenters. The molecule has 0 fully saturated rings. The van der Waals surface area contributed by atoms with Crippen LogP contribution < -0.4 is 4.74 Å². The summed E-state index contributed by atoms with van der Waals surface area (Å²) in [5.41, 5.74) is 0.935. The van der Waals surface area contributed by atoms with Crippen molar-refractivity contribution in [3.8, 4) is 5.75 Å². The summed E-state index contributed by atoms with van der Waals surface area (Å²) in [6.07, 6.45) is 0. The molecule has 0 aliphatic rings. The largest absolute Gasteiger partial charge is 0.490 e. The van der Waals surface area contributed by atoms with Gasteiger partial charge in [0.15, 0.2) is 0 Å². The Balaban J connectivity index is 2.04. The van der Waals surface area contributed by atoms with Gasteiger partial charge in [0.2, 0.25) is 0 Å². The second-order valence-electron chi connectivity index (χ2n) is 4.42. The van der Waals surface area contributed by atoms with Crippen LogP contribution in [-0.4, -0.2) is 21.3 Å². The Kier molecular flexibility index (Phi) is 4.69. The first-order chi connectivity index (χ1) is 9.90. The number of aromatic nitrogens is 2. The second kappa shape index (κ2) is 6.32. The van der Waals surface area contributed by atoms with Crippen molar-refractivity contribution >= 4 is 28.9 Å². The Bertz CT molecular complexity index is 686. The summed E-state index contributed by atoms with van der Waals surface area (Å²) in [6, 6.07) is 4.94. The molecule has 0 aliphatic carbocycles. The van der Waals surface area contributed by atoms with E-state index in [1.54, 1.807) is 36.7 Å². The van der Waals surface area contributed by atoms with Gasteiger partial charge in [-0.15, -0.1) is 0 Å². The molecule has 1 heterocycles. The molecule has 0 N–H and O–H groups in total. The minimum Gasteiger partial charge on any atom is -0.490 e. The van der Waals surface area contributed by atoms with Crippen LogP contribution in [0.1, 0.15) is 11.4 Å². The highest BCUT2D eigenvalue weighted by atomic mass is 35.5. The molecular weight excluding hydrogens is 317 g/mol. The quantitative estimate of drug-likeness (QED) is 0.618. The third kappa shape index (κ3) is 3.46. The average molecular weight is 330 g/mol. The van der Waals surface area contributed by atoms with Crippen LogP contribution in [0.3, 0.4) is 0 Å². The van der Waals surface area contributed by atoms with Gasteiger partial charge in [0, 0.05) is 5.02 Å². The maximum Gasteiger partial charge on any atom is 0.312 e. The maximum absolute atomic E-state index is 10.9. The fraction of sp³-hybridized carbons (Fsp3) is 0.308. The molecule has 0 saturated heterocycles. The first-order valence-corrected chi connectivity index (χ1v) is 6.92. The van der Waals surface area contributed by atoms with E-state index in [-0.39, 0.29) is 5.69 Å². The van der Waals surface area contributed by atoms with Gasteiger partial charge in [-0.2, -0.15) is 5.10 Å². The van der Waals surface area contributed by atoms with Crippen molar-refractivity contribution in [1.82, 2.24) is 9.78 Å². The molecule has 6 nitrogen and oxygen atoms in total. The summed E-state index contributed by atoms with van der Waals surface area (Å²) < 4.78 is 7.09. The van der Waals surface area contributed by atoms with E-state index in [9.17, 15) is 10.1 Å². The van der Waals surface area contributed by atoms with E-state index in [1.807, 2.05) is 0 Å². The monoisotopic (exact) mass is 329 g/mol. The van der Waals surface area contributed by atoms with Crippen molar-refractivity contribution in [3.05, 3.63) is 49.7 Å². The topological polar surface area (TPSA) is 70.2 Å². The number of ether oxygens (including phenoxy) is 1. The second-order valence-corrected chi connectivity index (χ2v) is 5.27. The van der Waals surface area contributed by atoms with Crippen molar-refractivity contribution in [2.24, 2.45) is 0 Å². The fourth-order valence-electron chi connectivity index (χ4n) is 2.00. The zero-order chi connectivity index (χ0) is 15.6. The smallest absolute Gasteiger partial charge is 0.312 e. The molecule has 112 valence electrons. The number of rotatable bonds is 5. The number of halogens is 2. The zero-order valence-electron chi connectivity index (χ0n) is 11.5. The van der Waals surface area contributed by atoms with E-state index in [1.165, 1.54) is 0 Å². The Hall–Kier alpha value is -1.79. The lowest BCUT2D eigenvalue weighted by Crippen LogP contribution is -2.11. The van der Waals surface area contributed by atoms with Crippen molar-refractivity contribution in [3.63, 3.8) is 0 Å². The molecule has 0 aliphatic heterocycles.